The number of aromatic hydroxyl groups is 1. The smallest absolute Gasteiger partial charge is 0.176 e. The number of benzene rings is 1. The van der Waals surface area contributed by atoms with Gasteiger partial charge in [-0.1, -0.05) is 0 Å². The van der Waals surface area contributed by atoms with E-state index in [-0.39, 0.29) is 11.5 Å². The number of hydrogen-bond donors (Lipinski definition) is 1. The van der Waals surface area contributed by atoms with Crippen molar-refractivity contribution in [3.63, 3.8) is 0 Å². The Balaban J connectivity index is 1.93. The number of ketones is 1. The Labute approximate surface area is 106 Å². The maximum atomic E-state index is 12.0. The molecule has 0 aliphatic carbocycles. The minimum atomic E-state index is 0.136. The molecule has 0 spiro atoms. The van der Waals surface area contributed by atoms with Crippen molar-refractivity contribution in [1.82, 2.24) is 4.90 Å². The first-order chi connectivity index (χ1) is 8.25. The minimum Gasteiger partial charge on any atom is -0.508 e. The second-order valence-corrected chi connectivity index (χ2v) is 5.44. The average molecular weight is 251 g/mol. The van der Waals surface area contributed by atoms with Crippen LogP contribution in [0.15, 0.2) is 24.3 Å². The molecule has 1 saturated heterocycles. The molecule has 1 fully saturated rings. The van der Waals surface area contributed by atoms with Crippen molar-refractivity contribution >= 4 is 17.5 Å². The van der Waals surface area contributed by atoms with Crippen LogP contribution in [-0.2, 0) is 0 Å². The van der Waals surface area contributed by atoms with E-state index in [1.807, 2.05) is 11.8 Å². The third-order valence-electron chi connectivity index (χ3n) is 2.87. The predicted octanol–water partition coefficient (Wildman–Crippen LogP) is 2.01. The van der Waals surface area contributed by atoms with E-state index in [1.54, 1.807) is 24.3 Å². The van der Waals surface area contributed by atoms with Gasteiger partial charge in [-0.05, 0) is 43.0 Å². The average Bonchev–Trinajstić information content (AvgIpc) is 2.58. The number of carbonyl (C=O) groups excluding carboxylic acids is 1. The number of Topliss-reactive ketones (excluding diaryl/α,β-unsaturated/α-hetero) is 1. The summed E-state index contributed by atoms with van der Waals surface area (Å²) in [7, 11) is 0. The van der Waals surface area contributed by atoms with Crippen LogP contribution in [0.1, 0.15) is 16.8 Å². The molecule has 0 bridgehead atoms. The van der Waals surface area contributed by atoms with Crippen molar-refractivity contribution in [2.75, 3.05) is 31.1 Å². The Morgan fingerprint density at radius 1 is 1.24 bits per heavy atom. The number of thioether (sulfide) groups is 1. The molecule has 4 heteroatoms. The molecule has 0 unspecified atom stereocenters. The third-order valence-corrected chi connectivity index (χ3v) is 3.92. The van der Waals surface area contributed by atoms with Gasteiger partial charge in [0.25, 0.3) is 0 Å². The summed E-state index contributed by atoms with van der Waals surface area (Å²) in [5, 5.41) is 9.17. The highest BCUT2D eigenvalue weighted by molar-refractivity contribution is 7.99. The number of carbonyl (C=O) groups is 1. The van der Waals surface area contributed by atoms with Gasteiger partial charge in [0.1, 0.15) is 5.75 Å². The van der Waals surface area contributed by atoms with Crippen molar-refractivity contribution in [3.05, 3.63) is 29.8 Å². The van der Waals surface area contributed by atoms with E-state index in [2.05, 4.69) is 4.90 Å². The van der Waals surface area contributed by atoms with E-state index >= 15 is 0 Å². The van der Waals surface area contributed by atoms with E-state index in [4.69, 9.17) is 0 Å². The molecular weight excluding hydrogens is 234 g/mol. The monoisotopic (exact) mass is 251 g/mol. The third kappa shape index (κ3) is 3.75. The predicted molar refractivity (Wildman–Crippen MR) is 70.8 cm³/mol. The molecule has 17 heavy (non-hydrogen) atoms. The van der Waals surface area contributed by atoms with E-state index in [1.165, 1.54) is 5.75 Å². The Bertz CT molecular complexity index is 370. The number of phenolic OH excluding ortho intramolecular Hbond substituents is 1. The Morgan fingerprint density at radius 2 is 2.00 bits per heavy atom. The van der Waals surface area contributed by atoms with Gasteiger partial charge in [0, 0.05) is 17.9 Å². The molecule has 0 radical (unpaired) electrons. The summed E-state index contributed by atoms with van der Waals surface area (Å²) in [6.45, 7) is 2.50. The summed E-state index contributed by atoms with van der Waals surface area (Å²) in [6, 6.07) is 6.49. The van der Waals surface area contributed by atoms with Crippen LogP contribution < -0.4 is 0 Å². The summed E-state index contributed by atoms with van der Waals surface area (Å²) in [4.78, 5) is 14.2. The maximum Gasteiger partial charge on any atom is 0.176 e. The Morgan fingerprint density at radius 3 is 2.76 bits per heavy atom. The molecule has 1 aliphatic heterocycles. The van der Waals surface area contributed by atoms with Gasteiger partial charge in [-0.25, -0.2) is 0 Å². The zero-order chi connectivity index (χ0) is 12.1. The molecule has 1 aromatic rings. The van der Waals surface area contributed by atoms with E-state index in [9.17, 15) is 9.90 Å². The summed E-state index contributed by atoms with van der Waals surface area (Å²) in [5.41, 5.74) is 0.680. The number of nitrogens with zero attached hydrogens (tertiary/aromatic N) is 1. The molecule has 0 saturated carbocycles. The van der Waals surface area contributed by atoms with Crippen molar-refractivity contribution in [2.45, 2.75) is 6.42 Å². The highest BCUT2D eigenvalue weighted by Gasteiger charge is 2.14. The summed E-state index contributed by atoms with van der Waals surface area (Å²) in [5.74, 6) is 2.65. The number of rotatable bonds is 3. The zero-order valence-electron chi connectivity index (χ0n) is 9.76. The fourth-order valence-electron chi connectivity index (χ4n) is 1.90. The van der Waals surface area contributed by atoms with Gasteiger partial charge < -0.3 is 5.11 Å². The molecule has 2 rings (SSSR count). The van der Waals surface area contributed by atoms with Gasteiger partial charge in [0.05, 0.1) is 6.54 Å². The number of hydrogen-bond acceptors (Lipinski definition) is 4. The molecule has 1 heterocycles. The fraction of sp³-hybridized carbons (Fsp3) is 0.462. The van der Waals surface area contributed by atoms with E-state index in [0.717, 1.165) is 25.3 Å². The zero-order valence-corrected chi connectivity index (χ0v) is 10.6. The van der Waals surface area contributed by atoms with E-state index in [0.29, 0.717) is 12.1 Å². The van der Waals surface area contributed by atoms with Gasteiger partial charge in [0.15, 0.2) is 5.78 Å². The molecule has 1 aliphatic rings. The van der Waals surface area contributed by atoms with Crippen molar-refractivity contribution < 1.29 is 9.90 Å². The van der Waals surface area contributed by atoms with Crippen molar-refractivity contribution in [1.29, 1.82) is 0 Å². The molecule has 0 atom stereocenters. The minimum absolute atomic E-state index is 0.136. The van der Waals surface area contributed by atoms with E-state index < -0.39 is 0 Å². The highest BCUT2D eigenvalue weighted by atomic mass is 32.2. The lowest BCUT2D eigenvalue weighted by molar-refractivity contribution is 0.0936. The standard InChI is InChI=1S/C13H17NO2S/c15-12-4-2-11(3-5-12)13(16)10-14-6-1-8-17-9-7-14/h2-5,15H,1,6-10H2. The van der Waals surface area contributed by atoms with Crippen LogP contribution in [0.3, 0.4) is 0 Å². The lowest BCUT2D eigenvalue weighted by atomic mass is 10.1. The summed E-state index contributed by atoms with van der Waals surface area (Å²) in [6.07, 6.45) is 1.16. The normalized spacial score (nSPS) is 17.6. The second kappa shape index (κ2) is 6.07. The lowest BCUT2D eigenvalue weighted by Crippen LogP contribution is -2.31. The van der Waals surface area contributed by atoms with Gasteiger partial charge in [-0.3, -0.25) is 9.69 Å². The van der Waals surface area contributed by atoms with Crippen LogP contribution in [0.2, 0.25) is 0 Å². The van der Waals surface area contributed by atoms with Gasteiger partial charge in [-0.15, -0.1) is 0 Å². The lowest BCUT2D eigenvalue weighted by Gasteiger charge is -2.18. The van der Waals surface area contributed by atoms with Gasteiger partial charge in [-0.2, -0.15) is 11.8 Å². The van der Waals surface area contributed by atoms with Crippen LogP contribution in [0.4, 0.5) is 0 Å². The van der Waals surface area contributed by atoms with Gasteiger partial charge >= 0.3 is 0 Å². The first-order valence-corrected chi connectivity index (χ1v) is 7.03. The van der Waals surface area contributed by atoms with Crippen LogP contribution in [0.25, 0.3) is 0 Å². The SMILES string of the molecule is O=C(CN1CCCSCC1)c1ccc(O)cc1. The van der Waals surface area contributed by atoms with Crippen LogP contribution in [0, 0.1) is 0 Å². The topological polar surface area (TPSA) is 40.5 Å². The van der Waals surface area contributed by atoms with Crippen molar-refractivity contribution in [2.24, 2.45) is 0 Å². The Hall–Kier alpha value is -1.00. The van der Waals surface area contributed by atoms with Crippen LogP contribution >= 0.6 is 11.8 Å². The molecule has 0 aromatic heterocycles. The van der Waals surface area contributed by atoms with Gasteiger partial charge in [0.2, 0.25) is 0 Å². The van der Waals surface area contributed by atoms with Crippen LogP contribution in [0.5, 0.6) is 5.75 Å². The van der Waals surface area contributed by atoms with Crippen LogP contribution in [-0.4, -0.2) is 46.9 Å². The second-order valence-electron chi connectivity index (χ2n) is 4.21. The molecule has 1 N–H and O–H groups in total. The molecule has 3 nitrogen and oxygen atoms in total. The first kappa shape index (κ1) is 12.5. The largest absolute Gasteiger partial charge is 0.508 e. The maximum absolute atomic E-state index is 12.0. The highest BCUT2D eigenvalue weighted by Crippen LogP contribution is 2.13. The number of phenols is 1. The molecule has 1 aromatic carbocycles. The quantitative estimate of drug-likeness (QED) is 0.834. The Kier molecular flexibility index (Phi) is 4.45. The summed E-state index contributed by atoms with van der Waals surface area (Å²) >= 11 is 1.96. The fourth-order valence-corrected chi connectivity index (χ4v) is 2.82. The molecular formula is C13H17NO2S. The van der Waals surface area contributed by atoms with Crippen molar-refractivity contribution in [3.8, 4) is 5.75 Å². The molecule has 92 valence electrons. The summed E-state index contributed by atoms with van der Waals surface area (Å²) < 4.78 is 0. The first-order valence-electron chi connectivity index (χ1n) is 5.88. The molecule has 0 amide bonds.